The number of amides is 2. The van der Waals surface area contributed by atoms with E-state index < -0.39 is 29.8 Å². The van der Waals surface area contributed by atoms with Gasteiger partial charge < -0.3 is 19.8 Å². The number of carboxylic acid groups (broad SMARTS) is 2. The quantitative estimate of drug-likeness (QED) is 0.316. The summed E-state index contributed by atoms with van der Waals surface area (Å²) in [4.78, 5) is 43.1. The molecule has 0 aromatic rings. The van der Waals surface area contributed by atoms with Gasteiger partial charge in [-0.3, -0.25) is 14.5 Å². The number of hydrogen-bond donors (Lipinski definition) is 0. The molecule has 110 valence electrons. The van der Waals surface area contributed by atoms with E-state index in [1.807, 2.05) is 6.92 Å². The van der Waals surface area contributed by atoms with Gasteiger partial charge in [0, 0.05) is 12.2 Å². The van der Waals surface area contributed by atoms with E-state index in [9.17, 15) is 19.5 Å². The summed E-state index contributed by atoms with van der Waals surface area (Å²) in [5.41, 5.74) is 0. The summed E-state index contributed by atoms with van der Waals surface area (Å²) < 4.78 is 0. The molecule has 1 atom stereocenters. The van der Waals surface area contributed by atoms with Crippen molar-refractivity contribution in [2.45, 2.75) is 32.2 Å². The summed E-state index contributed by atoms with van der Waals surface area (Å²) in [5, 5.41) is 19.9. The maximum Gasteiger partial charge on any atom is 2.00 e. The predicted octanol–water partition coefficient (Wildman–Crippen LogP) is -1.86. The first kappa shape index (κ1) is 21.5. The van der Waals surface area contributed by atoms with Crippen LogP contribution < -0.4 is 10.2 Å². The van der Waals surface area contributed by atoms with Crippen molar-refractivity contribution in [3.63, 3.8) is 0 Å². The van der Waals surface area contributed by atoms with Crippen LogP contribution in [0.5, 0.6) is 0 Å². The summed E-state index contributed by atoms with van der Waals surface area (Å²) >= 11 is 0. The molecule has 8 heteroatoms. The van der Waals surface area contributed by atoms with Gasteiger partial charge in [0.1, 0.15) is 0 Å². The molecule has 7 nitrogen and oxygen atoms in total. The molecule has 1 aliphatic heterocycles. The van der Waals surface area contributed by atoms with Crippen molar-refractivity contribution in [1.82, 2.24) is 4.90 Å². The van der Waals surface area contributed by atoms with Gasteiger partial charge in [-0.25, -0.2) is 0 Å². The third-order valence-corrected chi connectivity index (χ3v) is 2.42. The van der Waals surface area contributed by atoms with E-state index in [4.69, 9.17) is 9.90 Å². The number of aliphatic carboxylic acids is 2. The van der Waals surface area contributed by atoms with Crippen LogP contribution in [0.25, 0.3) is 0 Å². The molecule has 0 saturated carbocycles. The molecule has 0 N–H and O–H groups in total. The second-order valence-electron chi connectivity index (χ2n) is 3.88. The van der Waals surface area contributed by atoms with Gasteiger partial charge in [0.25, 0.3) is 11.8 Å². The Balaban J connectivity index is 0. The van der Waals surface area contributed by atoms with E-state index >= 15 is 0 Å². The minimum Gasteiger partial charge on any atom is -0.548 e. The third kappa shape index (κ3) is 7.51. The van der Waals surface area contributed by atoms with Crippen molar-refractivity contribution in [1.29, 1.82) is 0 Å². The van der Waals surface area contributed by atoms with Crippen LogP contribution in [0.15, 0.2) is 24.8 Å². The Hall–Kier alpha value is -1.82. The van der Waals surface area contributed by atoms with Crippen molar-refractivity contribution in [2.24, 2.45) is 0 Å². The first-order valence-electron chi connectivity index (χ1n) is 5.94. The van der Waals surface area contributed by atoms with Gasteiger partial charge in [0.15, 0.2) is 0 Å². The van der Waals surface area contributed by atoms with Crippen molar-refractivity contribution in [2.75, 3.05) is 0 Å². The Labute approximate surface area is 135 Å². The summed E-state index contributed by atoms with van der Waals surface area (Å²) in [6, 6.07) is -1.14. The maximum atomic E-state index is 11.2. The Kier molecular flexibility index (Phi) is 11.2. The number of unbranched alkanes of at least 4 members (excludes halogenated alkanes) is 1. The molecule has 0 fully saturated rings. The van der Waals surface area contributed by atoms with E-state index in [0.717, 1.165) is 29.5 Å². The van der Waals surface area contributed by atoms with Gasteiger partial charge in [0.2, 0.25) is 0 Å². The van der Waals surface area contributed by atoms with Gasteiger partial charge >= 0.3 is 19.5 Å². The van der Waals surface area contributed by atoms with Crippen LogP contribution in [0.1, 0.15) is 26.2 Å². The first-order chi connectivity index (χ1) is 9.34. The molecule has 0 saturated heterocycles. The third-order valence-electron chi connectivity index (χ3n) is 2.42. The minimum atomic E-state index is -1.38. The van der Waals surface area contributed by atoms with Crippen molar-refractivity contribution in [3.05, 3.63) is 24.8 Å². The Morgan fingerprint density at radius 3 is 2.00 bits per heavy atom. The molecule has 1 unspecified atom stereocenters. The Morgan fingerprint density at radius 1 is 1.29 bits per heavy atom. The summed E-state index contributed by atoms with van der Waals surface area (Å²) in [6.07, 6.45) is 4.55. The second kappa shape index (κ2) is 10.9. The second-order valence-corrected chi connectivity index (χ2v) is 3.88. The zero-order valence-corrected chi connectivity index (χ0v) is 14.7. The fourth-order valence-electron chi connectivity index (χ4n) is 1.47. The molecular formula is C13H15NO6Zn. The maximum absolute atomic E-state index is 11.2. The Bertz CT molecular complexity index is 428. The van der Waals surface area contributed by atoms with Gasteiger partial charge in [-0.1, -0.05) is 26.3 Å². The number of rotatable bonds is 6. The number of imide groups is 1. The molecule has 1 aliphatic rings. The molecule has 0 aromatic carbocycles. The SMILES string of the molecule is C=CC(=O)[O-].CCCCC(C(=O)[O-])N1C(=O)C=CC1=O.[Zn+2]. The monoisotopic (exact) mass is 345 g/mol. The average molecular weight is 347 g/mol. The van der Waals surface area contributed by atoms with E-state index in [1.165, 1.54) is 0 Å². The fourth-order valence-corrected chi connectivity index (χ4v) is 1.47. The minimum absolute atomic E-state index is 0. The van der Waals surface area contributed by atoms with Crippen molar-refractivity contribution >= 4 is 23.8 Å². The average Bonchev–Trinajstić information content (AvgIpc) is 2.71. The predicted molar refractivity (Wildman–Crippen MR) is 64.5 cm³/mol. The van der Waals surface area contributed by atoms with E-state index in [1.54, 1.807) is 0 Å². The van der Waals surface area contributed by atoms with Gasteiger partial charge in [0.05, 0.1) is 18.0 Å². The molecule has 0 radical (unpaired) electrons. The van der Waals surface area contributed by atoms with E-state index in [2.05, 4.69) is 6.58 Å². The van der Waals surface area contributed by atoms with E-state index in [-0.39, 0.29) is 25.9 Å². The van der Waals surface area contributed by atoms with Crippen LogP contribution >= 0.6 is 0 Å². The van der Waals surface area contributed by atoms with Crippen molar-refractivity contribution < 1.29 is 48.9 Å². The molecule has 0 aliphatic carbocycles. The number of carboxylic acids is 2. The zero-order chi connectivity index (χ0) is 15.7. The molecule has 0 aromatic heterocycles. The van der Waals surface area contributed by atoms with Crippen LogP contribution in [-0.4, -0.2) is 34.7 Å². The normalized spacial score (nSPS) is 13.9. The van der Waals surface area contributed by atoms with Crippen LogP contribution in [0.2, 0.25) is 0 Å². The van der Waals surface area contributed by atoms with Crippen LogP contribution in [0.3, 0.4) is 0 Å². The van der Waals surface area contributed by atoms with E-state index in [0.29, 0.717) is 6.42 Å². The fraction of sp³-hybridized carbons (Fsp3) is 0.385. The van der Waals surface area contributed by atoms with Crippen LogP contribution in [0, 0.1) is 0 Å². The topological polar surface area (TPSA) is 118 Å². The van der Waals surface area contributed by atoms with Gasteiger partial charge in [-0.05, 0) is 12.5 Å². The van der Waals surface area contributed by atoms with Gasteiger partial charge in [-0.15, -0.1) is 0 Å². The number of hydrogen-bond acceptors (Lipinski definition) is 6. The molecular weight excluding hydrogens is 332 g/mol. The smallest absolute Gasteiger partial charge is 0.548 e. The summed E-state index contributed by atoms with van der Waals surface area (Å²) in [7, 11) is 0. The number of carbonyl (C=O) groups is 4. The Morgan fingerprint density at radius 2 is 1.71 bits per heavy atom. The number of nitrogens with zero attached hydrogens (tertiary/aromatic N) is 1. The molecule has 21 heavy (non-hydrogen) atoms. The van der Waals surface area contributed by atoms with Gasteiger partial charge in [-0.2, -0.15) is 0 Å². The number of carbonyl (C=O) groups excluding carboxylic acids is 4. The first-order valence-corrected chi connectivity index (χ1v) is 5.94. The van der Waals surface area contributed by atoms with Crippen LogP contribution in [0.4, 0.5) is 0 Å². The summed E-state index contributed by atoms with van der Waals surface area (Å²) in [5.74, 6) is -3.77. The largest absolute Gasteiger partial charge is 2.00 e. The molecule has 0 bridgehead atoms. The molecule has 1 rings (SSSR count). The standard InChI is InChI=1S/C10H13NO4.C3H4O2.Zn/c1-2-3-4-7(10(14)15)11-8(12)5-6-9(11)13;1-2-3(4)5;/h5-7H,2-4H2,1H3,(H,14,15);2H,1H2,(H,4,5);/q;;+2/p-2. The van der Waals surface area contributed by atoms with Crippen LogP contribution in [-0.2, 0) is 38.7 Å². The van der Waals surface area contributed by atoms with Crippen molar-refractivity contribution in [3.8, 4) is 0 Å². The molecule has 2 amide bonds. The molecule has 1 heterocycles. The summed E-state index contributed by atoms with van der Waals surface area (Å²) in [6.45, 7) is 4.80. The zero-order valence-electron chi connectivity index (χ0n) is 11.7. The molecule has 0 spiro atoms.